The number of nitrogens with zero attached hydrogens (tertiary/aromatic N) is 2. The van der Waals surface area contributed by atoms with Gasteiger partial charge in [0.25, 0.3) is 0 Å². The molecule has 178 valence electrons. The molecule has 1 saturated carbocycles. The van der Waals surface area contributed by atoms with Crippen molar-refractivity contribution in [1.29, 1.82) is 0 Å². The van der Waals surface area contributed by atoms with E-state index in [0.717, 1.165) is 22.1 Å². The van der Waals surface area contributed by atoms with Gasteiger partial charge in [-0.25, -0.2) is 0 Å². The van der Waals surface area contributed by atoms with Gasteiger partial charge in [0.05, 0.1) is 31.2 Å². The topological polar surface area (TPSA) is 75.1 Å². The van der Waals surface area contributed by atoms with Crippen molar-refractivity contribution in [2.24, 2.45) is 5.92 Å². The van der Waals surface area contributed by atoms with E-state index in [9.17, 15) is 10.2 Å². The number of hydrogen-bond donors (Lipinski definition) is 2. The summed E-state index contributed by atoms with van der Waals surface area (Å²) in [4.78, 5) is 6.43. The van der Waals surface area contributed by atoms with E-state index in [1.54, 1.807) is 19.5 Å². The zero-order valence-corrected chi connectivity index (χ0v) is 21.1. The molecule has 7 heteroatoms. The summed E-state index contributed by atoms with van der Waals surface area (Å²) in [6, 6.07) is 17.8. The minimum Gasteiger partial charge on any atom is -0.495 e. The van der Waals surface area contributed by atoms with Crippen molar-refractivity contribution in [3.05, 3.63) is 88.2 Å². The molecule has 5 rings (SSSR count). The molecule has 2 heterocycles. The van der Waals surface area contributed by atoms with Crippen molar-refractivity contribution in [1.82, 2.24) is 9.88 Å². The number of rotatable bonds is 6. The Morgan fingerprint density at radius 3 is 2.47 bits per heavy atom. The number of pyridine rings is 1. The highest BCUT2D eigenvalue weighted by atomic mass is 79.9. The fourth-order valence-corrected chi connectivity index (χ4v) is 6.19. The summed E-state index contributed by atoms with van der Waals surface area (Å²) >= 11 is 3.53. The number of ether oxygens (including phenoxy) is 2. The van der Waals surface area contributed by atoms with Gasteiger partial charge in [0.1, 0.15) is 11.5 Å². The summed E-state index contributed by atoms with van der Waals surface area (Å²) in [7, 11) is 3.57. The predicted molar refractivity (Wildman–Crippen MR) is 133 cm³/mol. The second-order valence-electron chi connectivity index (χ2n) is 9.18. The van der Waals surface area contributed by atoms with Crippen LogP contribution >= 0.6 is 15.9 Å². The number of aliphatic hydroxyl groups is 2. The van der Waals surface area contributed by atoms with Crippen LogP contribution in [-0.2, 0) is 11.2 Å². The Balaban J connectivity index is 1.84. The number of aliphatic hydroxyl groups excluding tert-OH is 1. The van der Waals surface area contributed by atoms with Gasteiger partial charge in [0.2, 0.25) is 0 Å². The lowest BCUT2D eigenvalue weighted by Crippen LogP contribution is -2.52. The molecule has 2 aromatic carbocycles. The highest BCUT2D eigenvalue weighted by Gasteiger charge is 2.76. The van der Waals surface area contributed by atoms with Crippen LogP contribution in [0.4, 0.5) is 0 Å². The molecule has 0 spiro atoms. The second kappa shape index (κ2) is 8.64. The van der Waals surface area contributed by atoms with Crippen molar-refractivity contribution in [2.45, 2.75) is 30.1 Å². The first-order chi connectivity index (χ1) is 16.4. The minimum absolute atomic E-state index is 0.313. The SMILES string of the molecule is CCN(C)CC1C(O)C2(O)c3c(OC)cncc3OC2(c2ccc(Br)cc2)C1c1ccccc1. The van der Waals surface area contributed by atoms with E-state index < -0.39 is 17.3 Å². The molecule has 2 N–H and O–H groups in total. The van der Waals surface area contributed by atoms with Gasteiger partial charge in [-0.2, -0.15) is 0 Å². The maximum Gasteiger partial charge on any atom is 0.177 e. The first-order valence-electron chi connectivity index (χ1n) is 11.5. The van der Waals surface area contributed by atoms with Crippen LogP contribution in [-0.4, -0.2) is 53.4 Å². The summed E-state index contributed by atoms with van der Waals surface area (Å²) < 4.78 is 13.3. The minimum atomic E-state index is -1.76. The third-order valence-electron chi connectivity index (χ3n) is 7.51. The van der Waals surface area contributed by atoms with Crippen LogP contribution in [0.2, 0.25) is 0 Å². The van der Waals surface area contributed by atoms with E-state index in [-0.39, 0.29) is 11.8 Å². The smallest absolute Gasteiger partial charge is 0.177 e. The normalized spacial score (nSPS) is 29.6. The molecule has 1 aliphatic carbocycles. The standard InChI is InChI=1S/C27H29BrN2O4/c1-4-30(2)16-20-23(17-8-6-5-7-9-17)27(18-10-12-19(28)13-11-18)26(32,25(20)31)24-21(33-3)14-29-15-22(24)34-27/h5-15,20,23,25,31-32H,4,16H2,1-3H3. The Morgan fingerprint density at radius 1 is 1.12 bits per heavy atom. The average molecular weight is 525 g/mol. The zero-order valence-electron chi connectivity index (χ0n) is 19.5. The molecular weight excluding hydrogens is 496 g/mol. The van der Waals surface area contributed by atoms with Gasteiger partial charge in [-0.3, -0.25) is 4.98 Å². The van der Waals surface area contributed by atoms with Gasteiger partial charge in [-0.15, -0.1) is 0 Å². The van der Waals surface area contributed by atoms with E-state index in [1.165, 1.54) is 0 Å². The van der Waals surface area contributed by atoms with Crippen molar-refractivity contribution >= 4 is 15.9 Å². The molecular formula is C27H29BrN2O4. The summed E-state index contributed by atoms with van der Waals surface area (Å²) in [6.45, 7) is 3.49. The van der Waals surface area contributed by atoms with E-state index in [0.29, 0.717) is 23.6 Å². The summed E-state index contributed by atoms with van der Waals surface area (Å²) in [5.74, 6) is 0.161. The molecule has 5 atom stereocenters. The molecule has 0 saturated heterocycles. The Bertz CT molecular complexity index is 1180. The Labute approximate surface area is 208 Å². The highest BCUT2D eigenvalue weighted by Crippen LogP contribution is 2.69. The van der Waals surface area contributed by atoms with Gasteiger partial charge in [0, 0.05) is 22.9 Å². The van der Waals surface area contributed by atoms with E-state index >= 15 is 0 Å². The molecule has 34 heavy (non-hydrogen) atoms. The van der Waals surface area contributed by atoms with Crippen molar-refractivity contribution < 1.29 is 19.7 Å². The second-order valence-corrected chi connectivity index (χ2v) is 10.1. The number of halogens is 1. The zero-order chi connectivity index (χ0) is 24.1. The third-order valence-corrected chi connectivity index (χ3v) is 8.04. The highest BCUT2D eigenvalue weighted by molar-refractivity contribution is 9.10. The molecule has 3 aromatic rings. The molecule has 0 bridgehead atoms. The number of hydrogen-bond acceptors (Lipinski definition) is 6. The van der Waals surface area contributed by atoms with Gasteiger partial charge in [0.15, 0.2) is 11.2 Å². The predicted octanol–water partition coefficient (Wildman–Crippen LogP) is 4.05. The Kier molecular flexibility index (Phi) is 5.92. The van der Waals surface area contributed by atoms with Gasteiger partial charge in [-0.05, 0) is 36.9 Å². The molecule has 0 amide bonds. The molecule has 0 radical (unpaired) electrons. The van der Waals surface area contributed by atoms with Gasteiger partial charge in [-0.1, -0.05) is 65.3 Å². The molecule has 6 nitrogen and oxygen atoms in total. The fourth-order valence-electron chi connectivity index (χ4n) is 5.92. The quantitative estimate of drug-likeness (QED) is 0.506. The summed E-state index contributed by atoms with van der Waals surface area (Å²) in [5, 5.41) is 24.7. The van der Waals surface area contributed by atoms with Crippen LogP contribution in [0.25, 0.3) is 0 Å². The average Bonchev–Trinajstić information content (AvgIpc) is 3.23. The molecule has 1 aromatic heterocycles. The monoisotopic (exact) mass is 524 g/mol. The van der Waals surface area contributed by atoms with Crippen LogP contribution in [0.15, 0.2) is 71.5 Å². The Hall–Kier alpha value is -2.45. The third kappa shape index (κ3) is 3.14. The molecule has 1 fully saturated rings. The first-order valence-corrected chi connectivity index (χ1v) is 12.3. The van der Waals surface area contributed by atoms with Crippen molar-refractivity contribution in [3.8, 4) is 11.5 Å². The van der Waals surface area contributed by atoms with Gasteiger partial charge >= 0.3 is 0 Å². The van der Waals surface area contributed by atoms with Crippen LogP contribution in [0.3, 0.4) is 0 Å². The Morgan fingerprint density at radius 2 is 1.82 bits per heavy atom. The van der Waals surface area contributed by atoms with Crippen LogP contribution in [0, 0.1) is 5.92 Å². The van der Waals surface area contributed by atoms with Crippen LogP contribution in [0.1, 0.15) is 29.5 Å². The molecule has 1 aliphatic heterocycles. The lowest BCUT2D eigenvalue weighted by Gasteiger charge is -2.41. The lowest BCUT2D eigenvalue weighted by atomic mass is 9.70. The number of methoxy groups -OCH3 is 1. The van der Waals surface area contributed by atoms with E-state index in [1.807, 2.05) is 61.6 Å². The maximum atomic E-state index is 12.7. The number of aromatic nitrogens is 1. The fraction of sp³-hybridized carbons (Fsp3) is 0.370. The van der Waals surface area contributed by atoms with Crippen LogP contribution in [0.5, 0.6) is 11.5 Å². The number of benzene rings is 2. The summed E-state index contributed by atoms with van der Waals surface area (Å²) in [5.41, 5.74) is -0.819. The number of fused-ring (bicyclic) bond motifs is 3. The van der Waals surface area contributed by atoms with E-state index in [4.69, 9.17) is 9.47 Å². The summed E-state index contributed by atoms with van der Waals surface area (Å²) in [6.07, 6.45) is 2.04. The lowest BCUT2D eigenvalue weighted by molar-refractivity contribution is -0.152. The van der Waals surface area contributed by atoms with Crippen molar-refractivity contribution in [3.63, 3.8) is 0 Å². The molecule has 5 unspecified atom stereocenters. The van der Waals surface area contributed by atoms with Crippen molar-refractivity contribution in [2.75, 3.05) is 27.2 Å². The molecule has 2 aliphatic rings. The van der Waals surface area contributed by atoms with Crippen LogP contribution < -0.4 is 9.47 Å². The first kappa shape index (κ1) is 23.3. The van der Waals surface area contributed by atoms with E-state index in [2.05, 4.69) is 32.7 Å². The van der Waals surface area contributed by atoms with Gasteiger partial charge < -0.3 is 24.6 Å². The maximum absolute atomic E-state index is 12.7. The largest absolute Gasteiger partial charge is 0.495 e.